The topological polar surface area (TPSA) is 46.1 Å². The molecule has 0 N–H and O–H groups in total. The van der Waals surface area contributed by atoms with Gasteiger partial charge in [0.1, 0.15) is 5.82 Å². The van der Waals surface area contributed by atoms with E-state index in [1.165, 1.54) is 6.07 Å². The van der Waals surface area contributed by atoms with Crippen LogP contribution in [0.1, 0.15) is 55.7 Å². The van der Waals surface area contributed by atoms with Crippen molar-refractivity contribution >= 4 is 5.91 Å². The molecule has 4 nitrogen and oxygen atoms in total. The summed E-state index contributed by atoms with van der Waals surface area (Å²) in [7, 11) is 0. The Labute approximate surface area is 147 Å². The summed E-state index contributed by atoms with van der Waals surface area (Å²) < 4.78 is 14.1. The molecular formula is C20H22FN3O. The molecule has 25 heavy (non-hydrogen) atoms. The number of halogens is 1. The van der Waals surface area contributed by atoms with Crippen molar-refractivity contribution in [2.24, 2.45) is 0 Å². The molecule has 1 aliphatic carbocycles. The predicted molar refractivity (Wildman–Crippen MR) is 93.6 cm³/mol. The van der Waals surface area contributed by atoms with Gasteiger partial charge in [0.2, 0.25) is 5.91 Å². The molecule has 0 bridgehead atoms. The van der Waals surface area contributed by atoms with Crippen molar-refractivity contribution in [2.45, 2.75) is 44.4 Å². The normalized spacial score (nSPS) is 23.0. The average Bonchev–Trinajstić information content (AvgIpc) is 3.02. The number of hydrogen-bond acceptors (Lipinski definition) is 3. The first-order chi connectivity index (χ1) is 12.1. The highest BCUT2D eigenvalue weighted by molar-refractivity contribution is 5.78. The first kappa shape index (κ1) is 16.2. The highest BCUT2D eigenvalue weighted by Crippen LogP contribution is 2.39. The van der Waals surface area contributed by atoms with Crippen LogP contribution >= 0.6 is 0 Å². The fourth-order valence-electron chi connectivity index (χ4n) is 4.01. The van der Waals surface area contributed by atoms with Crippen LogP contribution in [0.3, 0.4) is 0 Å². The maximum atomic E-state index is 14.1. The second-order valence-corrected chi connectivity index (χ2v) is 7.17. The number of rotatable bonds is 3. The van der Waals surface area contributed by atoms with E-state index in [-0.39, 0.29) is 17.6 Å². The summed E-state index contributed by atoms with van der Waals surface area (Å²) >= 11 is 0. The maximum Gasteiger partial charge on any atom is 0.222 e. The van der Waals surface area contributed by atoms with Crippen molar-refractivity contribution in [2.75, 3.05) is 13.1 Å². The van der Waals surface area contributed by atoms with Gasteiger partial charge in [-0.1, -0.05) is 19.1 Å². The van der Waals surface area contributed by atoms with Gasteiger partial charge in [-0.05, 0) is 48.9 Å². The lowest BCUT2D eigenvalue weighted by molar-refractivity contribution is -0.127. The Hall–Kier alpha value is -2.30. The molecule has 1 amide bonds. The van der Waals surface area contributed by atoms with Gasteiger partial charge in [0.15, 0.2) is 0 Å². The minimum Gasteiger partial charge on any atom is -0.342 e. The van der Waals surface area contributed by atoms with Crippen molar-refractivity contribution < 1.29 is 9.18 Å². The number of nitrogens with zero attached hydrogens (tertiary/aromatic N) is 3. The molecule has 0 saturated carbocycles. The molecule has 4 rings (SSSR count). The van der Waals surface area contributed by atoms with Gasteiger partial charge in [-0.15, -0.1) is 0 Å². The van der Waals surface area contributed by atoms with Crippen LogP contribution in [0, 0.1) is 5.82 Å². The van der Waals surface area contributed by atoms with Crippen LogP contribution in [0.25, 0.3) is 11.3 Å². The summed E-state index contributed by atoms with van der Waals surface area (Å²) in [6.45, 7) is 3.76. The van der Waals surface area contributed by atoms with Crippen LogP contribution in [0.2, 0.25) is 0 Å². The summed E-state index contributed by atoms with van der Waals surface area (Å²) in [6, 6.07) is 8.66. The van der Waals surface area contributed by atoms with E-state index in [9.17, 15) is 9.18 Å². The molecule has 1 aromatic heterocycles. The van der Waals surface area contributed by atoms with Gasteiger partial charge in [-0.3, -0.25) is 4.79 Å². The minimum absolute atomic E-state index is 0.232. The van der Waals surface area contributed by atoms with E-state index in [1.807, 2.05) is 17.0 Å². The molecule has 130 valence electrons. The van der Waals surface area contributed by atoms with Gasteiger partial charge in [-0.2, -0.15) is 10.2 Å². The molecule has 1 aliphatic heterocycles. The summed E-state index contributed by atoms with van der Waals surface area (Å²) in [5.41, 5.74) is 3.21. The molecule has 2 aliphatic rings. The Morgan fingerprint density at radius 2 is 2.08 bits per heavy atom. The van der Waals surface area contributed by atoms with Gasteiger partial charge < -0.3 is 4.90 Å². The zero-order chi connectivity index (χ0) is 17.4. The summed E-state index contributed by atoms with van der Waals surface area (Å²) in [5.74, 6) is 0.576. The van der Waals surface area contributed by atoms with Crippen LogP contribution < -0.4 is 0 Å². The molecular weight excluding hydrogens is 317 g/mol. The van der Waals surface area contributed by atoms with Crippen LogP contribution in [-0.4, -0.2) is 34.1 Å². The van der Waals surface area contributed by atoms with Crippen LogP contribution in [0.4, 0.5) is 4.39 Å². The van der Waals surface area contributed by atoms with E-state index in [2.05, 4.69) is 17.1 Å². The highest BCUT2D eigenvalue weighted by atomic mass is 19.1. The smallest absolute Gasteiger partial charge is 0.222 e. The molecule has 5 heteroatoms. The number of aromatic nitrogens is 2. The third-order valence-electron chi connectivity index (χ3n) is 5.48. The second kappa shape index (κ2) is 6.54. The number of likely N-dealkylation sites (tertiary alicyclic amines) is 1. The molecule has 2 aromatic rings. The van der Waals surface area contributed by atoms with E-state index >= 15 is 0 Å². The van der Waals surface area contributed by atoms with Gasteiger partial charge in [0, 0.05) is 31.0 Å². The average molecular weight is 339 g/mol. The van der Waals surface area contributed by atoms with Crippen molar-refractivity contribution in [1.82, 2.24) is 15.1 Å². The van der Waals surface area contributed by atoms with E-state index in [0.29, 0.717) is 23.6 Å². The zero-order valence-corrected chi connectivity index (χ0v) is 14.4. The third-order valence-corrected chi connectivity index (χ3v) is 5.48. The number of amides is 1. The Balaban J connectivity index is 1.67. The SMILES string of the molecule is CC1CCC(CN2CCCC2=O)c2nnc(-c3ccccc3F)cc21. The van der Waals surface area contributed by atoms with E-state index in [0.717, 1.165) is 43.6 Å². The fourth-order valence-corrected chi connectivity index (χ4v) is 4.01. The molecule has 2 atom stereocenters. The standard InChI is InChI=1S/C20H22FN3O/c1-13-8-9-14(12-24-10-4-7-19(24)25)20-16(13)11-18(22-23-20)15-5-2-3-6-17(15)21/h2-3,5-6,11,13-14H,4,7-10,12H2,1H3. The number of carbonyl (C=O) groups is 1. The van der Waals surface area contributed by atoms with Gasteiger partial charge in [0.05, 0.1) is 11.4 Å². The largest absolute Gasteiger partial charge is 0.342 e. The van der Waals surface area contributed by atoms with Crippen LogP contribution in [0.15, 0.2) is 30.3 Å². The van der Waals surface area contributed by atoms with Crippen LogP contribution in [-0.2, 0) is 4.79 Å². The van der Waals surface area contributed by atoms with Crippen molar-refractivity contribution in [3.05, 3.63) is 47.4 Å². The Morgan fingerprint density at radius 3 is 2.84 bits per heavy atom. The van der Waals surface area contributed by atoms with Crippen molar-refractivity contribution in [3.63, 3.8) is 0 Å². The fraction of sp³-hybridized carbons (Fsp3) is 0.450. The van der Waals surface area contributed by atoms with Crippen molar-refractivity contribution in [1.29, 1.82) is 0 Å². The first-order valence-electron chi connectivity index (χ1n) is 9.03. The van der Waals surface area contributed by atoms with Gasteiger partial charge in [0.25, 0.3) is 0 Å². The number of hydrogen-bond donors (Lipinski definition) is 0. The van der Waals surface area contributed by atoms with Gasteiger partial charge >= 0.3 is 0 Å². The molecule has 1 aromatic carbocycles. The highest BCUT2D eigenvalue weighted by Gasteiger charge is 2.31. The quantitative estimate of drug-likeness (QED) is 0.852. The molecule has 1 saturated heterocycles. The van der Waals surface area contributed by atoms with E-state index in [1.54, 1.807) is 12.1 Å². The molecule has 1 fully saturated rings. The summed E-state index contributed by atoms with van der Waals surface area (Å²) in [6.07, 6.45) is 3.69. The second-order valence-electron chi connectivity index (χ2n) is 7.17. The lowest BCUT2D eigenvalue weighted by atomic mass is 9.80. The lowest BCUT2D eigenvalue weighted by Gasteiger charge is -2.31. The number of benzene rings is 1. The van der Waals surface area contributed by atoms with Crippen LogP contribution in [0.5, 0.6) is 0 Å². The Bertz CT molecular complexity index is 807. The summed E-state index contributed by atoms with van der Waals surface area (Å²) in [4.78, 5) is 13.9. The number of fused-ring (bicyclic) bond motifs is 1. The van der Waals surface area contributed by atoms with Crippen molar-refractivity contribution in [3.8, 4) is 11.3 Å². The monoisotopic (exact) mass is 339 g/mol. The molecule has 0 spiro atoms. The molecule has 2 heterocycles. The Morgan fingerprint density at radius 1 is 1.24 bits per heavy atom. The Kier molecular flexibility index (Phi) is 4.24. The minimum atomic E-state index is -0.278. The van der Waals surface area contributed by atoms with E-state index in [4.69, 9.17) is 0 Å². The third kappa shape index (κ3) is 3.03. The van der Waals surface area contributed by atoms with Gasteiger partial charge in [-0.25, -0.2) is 4.39 Å². The predicted octanol–water partition coefficient (Wildman–Crippen LogP) is 3.89. The molecule has 2 unspecified atom stereocenters. The lowest BCUT2D eigenvalue weighted by Crippen LogP contribution is -2.32. The summed E-state index contributed by atoms with van der Waals surface area (Å²) in [5, 5.41) is 8.79. The zero-order valence-electron chi connectivity index (χ0n) is 14.4. The molecule has 0 radical (unpaired) electrons. The first-order valence-corrected chi connectivity index (χ1v) is 9.03. The van der Waals surface area contributed by atoms with E-state index < -0.39 is 0 Å². The number of carbonyl (C=O) groups excluding carboxylic acids is 1. The maximum absolute atomic E-state index is 14.1.